The molecule has 3 heteroatoms. The Morgan fingerprint density at radius 2 is 1.95 bits per heavy atom. The van der Waals surface area contributed by atoms with Gasteiger partial charge in [0.15, 0.2) is 0 Å². The Hall–Kier alpha value is -0.120. The Labute approximate surface area is 119 Å². The van der Waals surface area contributed by atoms with Gasteiger partial charge in [-0.3, -0.25) is 4.90 Å². The van der Waals surface area contributed by atoms with Crippen LogP contribution in [0.25, 0.3) is 0 Å². The van der Waals surface area contributed by atoms with E-state index < -0.39 is 0 Å². The molecule has 0 saturated carbocycles. The van der Waals surface area contributed by atoms with Crippen molar-refractivity contribution in [2.75, 3.05) is 13.2 Å². The molecule has 1 saturated heterocycles. The minimum Gasteiger partial charge on any atom is -0.394 e. The lowest BCUT2D eigenvalue weighted by Crippen LogP contribution is -2.55. The first-order valence-corrected chi connectivity index (χ1v) is 7.93. The molecule has 1 aliphatic heterocycles. The van der Waals surface area contributed by atoms with Gasteiger partial charge in [-0.1, -0.05) is 20.8 Å². The molecule has 19 heavy (non-hydrogen) atoms. The number of nitrogens with zero attached hydrogens (tertiary/aromatic N) is 1. The third-order valence-corrected chi connectivity index (χ3v) is 4.72. The SMILES string of the molecule is CC(C)NC(C)(CO)CC(C)N1CCCC(C)C1C. The molecule has 4 atom stereocenters. The van der Waals surface area contributed by atoms with Gasteiger partial charge in [0.2, 0.25) is 0 Å². The highest BCUT2D eigenvalue weighted by molar-refractivity contribution is 4.91. The summed E-state index contributed by atoms with van der Waals surface area (Å²) in [6.45, 7) is 14.9. The molecule has 1 heterocycles. The largest absolute Gasteiger partial charge is 0.394 e. The Balaban J connectivity index is 2.63. The van der Waals surface area contributed by atoms with Gasteiger partial charge in [-0.2, -0.15) is 0 Å². The number of likely N-dealkylation sites (tertiary alicyclic amines) is 1. The Morgan fingerprint density at radius 3 is 2.47 bits per heavy atom. The maximum absolute atomic E-state index is 9.72. The van der Waals surface area contributed by atoms with Gasteiger partial charge in [-0.05, 0) is 52.5 Å². The summed E-state index contributed by atoms with van der Waals surface area (Å²) in [6, 6.07) is 1.58. The van der Waals surface area contributed by atoms with Crippen LogP contribution in [0.15, 0.2) is 0 Å². The van der Waals surface area contributed by atoms with Gasteiger partial charge in [-0.25, -0.2) is 0 Å². The Bertz CT molecular complexity index is 269. The van der Waals surface area contributed by atoms with Gasteiger partial charge < -0.3 is 10.4 Å². The minimum atomic E-state index is -0.173. The van der Waals surface area contributed by atoms with Crippen LogP contribution in [-0.4, -0.2) is 46.8 Å². The highest BCUT2D eigenvalue weighted by Gasteiger charge is 2.33. The highest BCUT2D eigenvalue weighted by atomic mass is 16.3. The van der Waals surface area contributed by atoms with Crippen molar-refractivity contribution in [3.8, 4) is 0 Å². The average Bonchev–Trinajstić information content (AvgIpc) is 2.31. The fraction of sp³-hybridized carbons (Fsp3) is 1.00. The van der Waals surface area contributed by atoms with E-state index in [-0.39, 0.29) is 12.1 Å². The second-order valence-corrected chi connectivity index (χ2v) is 7.17. The Morgan fingerprint density at radius 1 is 1.32 bits per heavy atom. The van der Waals surface area contributed by atoms with Crippen LogP contribution in [-0.2, 0) is 0 Å². The molecule has 0 spiro atoms. The first-order chi connectivity index (χ1) is 8.79. The van der Waals surface area contributed by atoms with Crippen LogP contribution < -0.4 is 5.32 Å². The molecule has 0 bridgehead atoms. The third-order valence-electron chi connectivity index (χ3n) is 4.72. The van der Waals surface area contributed by atoms with Crippen molar-refractivity contribution >= 4 is 0 Å². The molecule has 0 aromatic carbocycles. The van der Waals surface area contributed by atoms with E-state index in [1.165, 1.54) is 19.4 Å². The molecule has 1 aliphatic rings. The predicted molar refractivity (Wildman–Crippen MR) is 82.4 cm³/mol. The second-order valence-electron chi connectivity index (χ2n) is 7.17. The van der Waals surface area contributed by atoms with E-state index in [2.05, 4.69) is 51.8 Å². The molecule has 0 aromatic heterocycles. The number of hydrogen-bond acceptors (Lipinski definition) is 3. The quantitative estimate of drug-likeness (QED) is 0.779. The molecular formula is C16H34N2O. The van der Waals surface area contributed by atoms with Crippen molar-refractivity contribution in [2.45, 2.75) is 84.5 Å². The van der Waals surface area contributed by atoms with Gasteiger partial charge >= 0.3 is 0 Å². The van der Waals surface area contributed by atoms with Crippen LogP contribution >= 0.6 is 0 Å². The van der Waals surface area contributed by atoms with Crippen LogP contribution in [0.1, 0.15) is 60.8 Å². The van der Waals surface area contributed by atoms with Gasteiger partial charge in [-0.15, -0.1) is 0 Å². The van der Waals surface area contributed by atoms with Crippen molar-refractivity contribution in [3.63, 3.8) is 0 Å². The lowest BCUT2D eigenvalue weighted by Gasteiger charge is -2.44. The number of aliphatic hydroxyl groups is 1. The predicted octanol–water partition coefficient (Wildman–Crippen LogP) is 2.63. The van der Waals surface area contributed by atoms with E-state index in [9.17, 15) is 5.11 Å². The molecule has 0 aliphatic carbocycles. The summed E-state index contributed by atoms with van der Waals surface area (Å²) in [5, 5.41) is 13.2. The van der Waals surface area contributed by atoms with Crippen LogP contribution in [0.3, 0.4) is 0 Å². The first kappa shape index (κ1) is 16.9. The smallest absolute Gasteiger partial charge is 0.0611 e. The van der Waals surface area contributed by atoms with E-state index >= 15 is 0 Å². The van der Waals surface area contributed by atoms with Crippen molar-refractivity contribution in [2.24, 2.45) is 5.92 Å². The fourth-order valence-corrected chi connectivity index (χ4v) is 3.62. The molecule has 0 radical (unpaired) electrons. The van der Waals surface area contributed by atoms with E-state index in [1.807, 2.05) is 0 Å². The second kappa shape index (κ2) is 7.05. The molecule has 4 unspecified atom stereocenters. The van der Waals surface area contributed by atoms with Gasteiger partial charge in [0.25, 0.3) is 0 Å². The summed E-state index contributed by atoms with van der Waals surface area (Å²) >= 11 is 0. The lowest BCUT2D eigenvalue weighted by molar-refractivity contribution is 0.0458. The lowest BCUT2D eigenvalue weighted by atomic mass is 9.87. The highest BCUT2D eigenvalue weighted by Crippen LogP contribution is 2.27. The maximum atomic E-state index is 9.72. The monoisotopic (exact) mass is 270 g/mol. The van der Waals surface area contributed by atoms with E-state index in [0.29, 0.717) is 18.1 Å². The van der Waals surface area contributed by atoms with E-state index in [4.69, 9.17) is 0 Å². The molecule has 0 aromatic rings. The maximum Gasteiger partial charge on any atom is 0.0611 e. The topological polar surface area (TPSA) is 35.5 Å². The zero-order chi connectivity index (χ0) is 14.6. The normalized spacial score (nSPS) is 30.3. The van der Waals surface area contributed by atoms with Crippen LogP contribution in [0.5, 0.6) is 0 Å². The van der Waals surface area contributed by atoms with Crippen molar-refractivity contribution < 1.29 is 5.11 Å². The summed E-state index contributed by atoms with van der Waals surface area (Å²) in [5.41, 5.74) is -0.173. The number of piperidine rings is 1. The molecule has 1 fully saturated rings. The van der Waals surface area contributed by atoms with Crippen molar-refractivity contribution in [1.29, 1.82) is 0 Å². The van der Waals surface area contributed by atoms with E-state index in [1.54, 1.807) is 0 Å². The summed E-state index contributed by atoms with van der Waals surface area (Å²) in [7, 11) is 0. The van der Waals surface area contributed by atoms with Gasteiger partial charge in [0.1, 0.15) is 0 Å². The summed E-state index contributed by atoms with van der Waals surface area (Å²) in [4.78, 5) is 2.63. The standard InChI is InChI=1S/C16H34N2O/c1-12(2)17-16(6,11-19)10-14(4)18-9-7-8-13(3)15(18)5/h12-15,17,19H,7-11H2,1-6H3. The van der Waals surface area contributed by atoms with Crippen LogP contribution in [0, 0.1) is 5.92 Å². The Kier molecular flexibility index (Phi) is 6.28. The molecule has 2 N–H and O–H groups in total. The zero-order valence-corrected chi connectivity index (χ0v) is 13.7. The number of aliphatic hydroxyl groups excluding tert-OH is 1. The number of rotatable bonds is 6. The summed E-state index contributed by atoms with van der Waals surface area (Å²) in [5.74, 6) is 0.787. The average molecular weight is 270 g/mol. The van der Waals surface area contributed by atoms with Crippen molar-refractivity contribution in [1.82, 2.24) is 10.2 Å². The minimum absolute atomic E-state index is 0.173. The van der Waals surface area contributed by atoms with Gasteiger partial charge in [0.05, 0.1) is 6.61 Å². The van der Waals surface area contributed by atoms with Crippen LogP contribution in [0.2, 0.25) is 0 Å². The first-order valence-electron chi connectivity index (χ1n) is 7.93. The van der Waals surface area contributed by atoms with Crippen LogP contribution in [0.4, 0.5) is 0 Å². The molecule has 1 rings (SSSR count). The molecular weight excluding hydrogens is 236 g/mol. The van der Waals surface area contributed by atoms with Gasteiger partial charge in [0, 0.05) is 23.7 Å². The fourth-order valence-electron chi connectivity index (χ4n) is 3.62. The summed E-state index contributed by atoms with van der Waals surface area (Å²) in [6.07, 6.45) is 3.66. The number of hydrogen-bond donors (Lipinski definition) is 2. The molecule has 0 amide bonds. The molecule has 3 nitrogen and oxygen atoms in total. The van der Waals surface area contributed by atoms with Crippen molar-refractivity contribution in [3.05, 3.63) is 0 Å². The zero-order valence-electron chi connectivity index (χ0n) is 13.7. The third kappa shape index (κ3) is 4.73. The molecule has 114 valence electrons. The number of nitrogens with one attached hydrogen (secondary N) is 1. The van der Waals surface area contributed by atoms with E-state index in [0.717, 1.165) is 12.3 Å². The summed E-state index contributed by atoms with van der Waals surface area (Å²) < 4.78 is 0.